The van der Waals surface area contributed by atoms with Gasteiger partial charge < -0.3 is 4.57 Å². The van der Waals surface area contributed by atoms with Gasteiger partial charge in [-0.1, -0.05) is 6.20 Å². The summed E-state index contributed by atoms with van der Waals surface area (Å²) in [4.78, 5) is 7.90. The molecule has 0 amide bonds. The summed E-state index contributed by atoms with van der Waals surface area (Å²) in [5, 5.41) is 1.03. The van der Waals surface area contributed by atoms with Gasteiger partial charge in [0.05, 0.1) is 0 Å². The molecule has 2 aromatic heterocycles. The van der Waals surface area contributed by atoms with Gasteiger partial charge in [-0.2, -0.15) is 0 Å². The van der Waals surface area contributed by atoms with Crippen LogP contribution in [0.1, 0.15) is 0 Å². The molecule has 0 atom stereocenters. The standard InChI is InChI=1S/C7H6N3.Y/c1-10-3-6-2-8-5-9-7(6)4-10;/h2-3,5H,1H3;/q-1;. The summed E-state index contributed by atoms with van der Waals surface area (Å²) >= 11 is 0. The molecule has 0 spiro atoms. The maximum absolute atomic E-state index is 4.01. The Hall–Kier alpha value is -0.276. The minimum atomic E-state index is 0. The molecule has 0 saturated carbocycles. The molecular formula is C7H6N3Y-. The summed E-state index contributed by atoms with van der Waals surface area (Å²) < 4.78 is 1.85. The normalized spacial score (nSPS) is 9.55. The molecule has 0 aliphatic carbocycles. The van der Waals surface area contributed by atoms with Gasteiger partial charge in [-0.15, -0.1) is 11.6 Å². The Kier molecular flexibility index (Phi) is 2.74. The van der Waals surface area contributed by atoms with Crippen LogP contribution in [0.15, 0.2) is 18.7 Å². The van der Waals surface area contributed by atoms with Crippen LogP contribution in [-0.2, 0) is 39.8 Å². The zero-order chi connectivity index (χ0) is 6.97. The molecule has 11 heavy (non-hydrogen) atoms. The number of nitrogens with zero attached hydrogens (tertiary/aromatic N) is 3. The quantitative estimate of drug-likeness (QED) is 0.615. The summed E-state index contributed by atoms with van der Waals surface area (Å²) in [7, 11) is 1.92. The molecule has 4 heteroatoms. The van der Waals surface area contributed by atoms with Crippen molar-refractivity contribution >= 4 is 10.9 Å². The van der Waals surface area contributed by atoms with Gasteiger partial charge in [-0.25, -0.2) is 0 Å². The fourth-order valence-electron chi connectivity index (χ4n) is 0.936. The predicted molar refractivity (Wildman–Crippen MR) is 37.3 cm³/mol. The number of hydrogen-bond donors (Lipinski definition) is 0. The minimum absolute atomic E-state index is 0. The van der Waals surface area contributed by atoms with Gasteiger partial charge in [-0.3, -0.25) is 9.97 Å². The molecule has 0 bridgehead atoms. The van der Waals surface area contributed by atoms with Gasteiger partial charge in [0.1, 0.15) is 6.33 Å². The number of hydrogen-bond acceptors (Lipinski definition) is 2. The van der Waals surface area contributed by atoms with Crippen LogP contribution in [-0.4, -0.2) is 14.5 Å². The fraction of sp³-hybridized carbons (Fsp3) is 0.143. The van der Waals surface area contributed by atoms with Crippen molar-refractivity contribution in [2.75, 3.05) is 0 Å². The van der Waals surface area contributed by atoms with Crippen molar-refractivity contribution in [1.29, 1.82) is 0 Å². The molecule has 0 fully saturated rings. The Morgan fingerprint density at radius 1 is 1.55 bits per heavy atom. The van der Waals surface area contributed by atoms with E-state index in [0.29, 0.717) is 0 Å². The summed E-state index contributed by atoms with van der Waals surface area (Å²) in [6, 6.07) is 0. The van der Waals surface area contributed by atoms with Crippen molar-refractivity contribution in [2.24, 2.45) is 7.05 Å². The molecular weight excluding hydrogens is 215 g/mol. The molecule has 0 saturated heterocycles. The van der Waals surface area contributed by atoms with Crippen LogP contribution in [0.25, 0.3) is 10.9 Å². The van der Waals surface area contributed by atoms with Crippen molar-refractivity contribution in [3.05, 3.63) is 24.9 Å². The molecule has 2 rings (SSSR count). The monoisotopic (exact) mass is 221 g/mol. The zero-order valence-corrected chi connectivity index (χ0v) is 8.99. The van der Waals surface area contributed by atoms with Gasteiger partial charge in [0.15, 0.2) is 0 Å². The second-order valence-electron chi connectivity index (χ2n) is 2.18. The van der Waals surface area contributed by atoms with Gasteiger partial charge in [0, 0.05) is 32.7 Å². The van der Waals surface area contributed by atoms with Crippen LogP contribution in [0.2, 0.25) is 0 Å². The molecule has 0 aliphatic heterocycles. The Morgan fingerprint density at radius 2 is 2.36 bits per heavy atom. The fourth-order valence-corrected chi connectivity index (χ4v) is 0.936. The topological polar surface area (TPSA) is 30.7 Å². The van der Waals surface area contributed by atoms with Gasteiger partial charge >= 0.3 is 0 Å². The van der Waals surface area contributed by atoms with Crippen molar-refractivity contribution in [3.8, 4) is 0 Å². The molecule has 0 aliphatic rings. The number of aromatic nitrogens is 3. The average molecular weight is 221 g/mol. The van der Waals surface area contributed by atoms with E-state index in [-0.39, 0.29) is 32.7 Å². The van der Waals surface area contributed by atoms with Crippen molar-refractivity contribution < 1.29 is 32.7 Å². The number of rotatable bonds is 0. The van der Waals surface area contributed by atoms with Crippen LogP contribution >= 0.6 is 0 Å². The summed E-state index contributed by atoms with van der Waals surface area (Å²) in [5.74, 6) is 0. The van der Waals surface area contributed by atoms with Crippen LogP contribution in [0.5, 0.6) is 0 Å². The van der Waals surface area contributed by atoms with Crippen molar-refractivity contribution in [2.45, 2.75) is 0 Å². The zero-order valence-electron chi connectivity index (χ0n) is 6.15. The van der Waals surface area contributed by atoms with E-state index in [1.54, 1.807) is 6.20 Å². The van der Waals surface area contributed by atoms with E-state index in [1.807, 2.05) is 17.8 Å². The number of fused-ring (bicyclic) bond motifs is 1. The van der Waals surface area contributed by atoms with Gasteiger partial charge in [0.2, 0.25) is 0 Å². The molecule has 3 nitrogen and oxygen atoms in total. The molecule has 53 valence electrons. The molecule has 2 aromatic rings. The van der Waals surface area contributed by atoms with E-state index in [4.69, 9.17) is 0 Å². The van der Waals surface area contributed by atoms with E-state index in [1.165, 1.54) is 6.33 Å². The van der Waals surface area contributed by atoms with Crippen molar-refractivity contribution in [3.63, 3.8) is 0 Å². The smallest absolute Gasteiger partial charge is 0.112 e. The third-order valence-corrected chi connectivity index (χ3v) is 1.36. The van der Waals surface area contributed by atoms with Gasteiger partial charge in [0.25, 0.3) is 0 Å². The van der Waals surface area contributed by atoms with Crippen LogP contribution in [0.4, 0.5) is 0 Å². The van der Waals surface area contributed by atoms with E-state index in [0.717, 1.165) is 10.9 Å². The Labute approximate surface area is 89.7 Å². The largest absolute Gasteiger partial charge is 0.471 e. The predicted octanol–water partition coefficient (Wildman–Crippen LogP) is 0.766. The SMILES string of the molecule is Cn1[c-]c2ncncc2c1.[Y]. The maximum atomic E-state index is 4.01. The first-order chi connectivity index (χ1) is 4.86. The summed E-state index contributed by atoms with van der Waals surface area (Å²) in [6.45, 7) is 0. The van der Waals surface area contributed by atoms with E-state index in [2.05, 4.69) is 16.2 Å². The second kappa shape index (κ2) is 3.41. The summed E-state index contributed by atoms with van der Waals surface area (Å²) in [6.07, 6.45) is 8.27. The van der Waals surface area contributed by atoms with E-state index >= 15 is 0 Å². The molecule has 0 N–H and O–H groups in total. The van der Waals surface area contributed by atoms with Crippen molar-refractivity contribution in [1.82, 2.24) is 14.5 Å². The first-order valence-electron chi connectivity index (χ1n) is 3.00. The van der Waals surface area contributed by atoms with Crippen LogP contribution < -0.4 is 0 Å². The second-order valence-corrected chi connectivity index (χ2v) is 2.18. The Bertz CT molecular complexity index is 322. The molecule has 0 aromatic carbocycles. The Balaban J connectivity index is 0.000000605. The summed E-state index contributed by atoms with van der Waals surface area (Å²) in [5.41, 5.74) is 0.873. The van der Waals surface area contributed by atoms with E-state index in [9.17, 15) is 0 Å². The minimum Gasteiger partial charge on any atom is -0.471 e. The van der Waals surface area contributed by atoms with Crippen LogP contribution in [0, 0.1) is 6.20 Å². The third kappa shape index (κ3) is 1.65. The van der Waals surface area contributed by atoms with E-state index < -0.39 is 0 Å². The maximum Gasteiger partial charge on any atom is 0.112 e. The first kappa shape index (κ1) is 8.82. The molecule has 0 unspecified atom stereocenters. The average Bonchev–Trinajstić information content (AvgIpc) is 2.27. The molecule has 2 heterocycles. The Morgan fingerprint density at radius 3 is 3.09 bits per heavy atom. The molecule has 1 radical (unpaired) electrons. The van der Waals surface area contributed by atoms with Crippen LogP contribution in [0.3, 0.4) is 0 Å². The number of aryl methyl sites for hydroxylation is 1. The third-order valence-electron chi connectivity index (χ3n) is 1.36. The first-order valence-corrected chi connectivity index (χ1v) is 3.00. The van der Waals surface area contributed by atoms with Gasteiger partial charge in [-0.05, 0) is 18.8 Å².